The zero-order valence-corrected chi connectivity index (χ0v) is 19.2. The Morgan fingerprint density at radius 2 is 1.87 bits per heavy atom. The summed E-state index contributed by atoms with van der Waals surface area (Å²) in [5, 5.41) is 10.4. The zero-order chi connectivity index (χ0) is 21.4. The standard InChI is InChI=1S/C21H31N5O2S2/c1-3-23-21(25-19-10-12-26(13-11-19)20-5-4-14-29-20)24-15-17-6-8-18(9-7-17)16-30(27,28)22-2/h4-9,14,19,22H,3,10-13,15-16H2,1-2H3,(H2,23,24,25). The SMILES string of the molecule is CCNC(=NCc1ccc(CS(=O)(=O)NC)cc1)NC1CCN(c2cccs2)CC1. The Hall–Kier alpha value is -2.10. The average molecular weight is 450 g/mol. The molecule has 0 bridgehead atoms. The number of sulfonamides is 1. The number of piperidine rings is 1. The average Bonchev–Trinajstić information content (AvgIpc) is 3.28. The molecule has 164 valence electrons. The van der Waals surface area contributed by atoms with Gasteiger partial charge in [0.2, 0.25) is 10.0 Å². The van der Waals surface area contributed by atoms with Crippen molar-refractivity contribution in [1.29, 1.82) is 0 Å². The van der Waals surface area contributed by atoms with E-state index in [-0.39, 0.29) is 5.75 Å². The second-order valence-electron chi connectivity index (χ2n) is 7.33. The van der Waals surface area contributed by atoms with Crippen molar-refractivity contribution in [1.82, 2.24) is 15.4 Å². The van der Waals surface area contributed by atoms with Crippen LogP contribution in [0.2, 0.25) is 0 Å². The Labute approximate surface area is 183 Å². The molecule has 1 aromatic heterocycles. The molecule has 0 unspecified atom stereocenters. The van der Waals surface area contributed by atoms with E-state index in [9.17, 15) is 8.42 Å². The number of hydrogen-bond donors (Lipinski definition) is 3. The van der Waals surface area contributed by atoms with Crippen molar-refractivity contribution in [3.05, 3.63) is 52.9 Å². The molecule has 3 rings (SSSR count). The van der Waals surface area contributed by atoms with Gasteiger partial charge in [-0.3, -0.25) is 0 Å². The lowest BCUT2D eigenvalue weighted by molar-refractivity contribution is 0.463. The highest BCUT2D eigenvalue weighted by atomic mass is 32.2. The van der Waals surface area contributed by atoms with Crippen LogP contribution in [0.3, 0.4) is 0 Å². The van der Waals surface area contributed by atoms with Crippen LogP contribution in [0.4, 0.5) is 5.00 Å². The molecule has 0 saturated carbocycles. The smallest absolute Gasteiger partial charge is 0.215 e. The molecule has 0 amide bonds. The molecule has 1 saturated heterocycles. The van der Waals surface area contributed by atoms with Gasteiger partial charge in [0.25, 0.3) is 0 Å². The van der Waals surface area contributed by atoms with Gasteiger partial charge in [0, 0.05) is 25.7 Å². The van der Waals surface area contributed by atoms with Crippen molar-refractivity contribution in [3.8, 4) is 0 Å². The fraction of sp³-hybridized carbons (Fsp3) is 0.476. The number of guanidine groups is 1. The normalized spacial score (nSPS) is 15.9. The van der Waals surface area contributed by atoms with Crippen LogP contribution in [0.1, 0.15) is 30.9 Å². The first kappa shape index (κ1) is 22.6. The summed E-state index contributed by atoms with van der Waals surface area (Å²) in [6.07, 6.45) is 2.16. The molecule has 0 spiro atoms. The summed E-state index contributed by atoms with van der Waals surface area (Å²) in [4.78, 5) is 7.17. The second kappa shape index (κ2) is 10.8. The third-order valence-corrected chi connectivity index (χ3v) is 7.37. The van der Waals surface area contributed by atoms with E-state index in [4.69, 9.17) is 4.99 Å². The van der Waals surface area contributed by atoms with Gasteiger partial charge in [0.1, 0.15) is 0 Å². The highest BCUT2D eigenvalue weighted by Gasteiger charge is 2.20. The van der Waals surface area contributed by atoms with E-state index in [0.29, 0.717) is 12.6 Å². The number of rotatable bonds is 8. The summed E-state index contributed by atoms with van der Waals surface area (Å²) in [7, 11) is -1.82. The lowest BCUT2D eigenvalue weighted by Gasteiger charge is -2.33. The van der Waals surface area contributed by atoms with E-state index in [0.717, 1.165) is 49.6 Å². The van der Waals surface area contributed by atoms with Crippen molar-refractivity contribution in [3.63, 3.8) is 0 Å². The quantitative estimate of drug-likeness (QED) is 0.426. The molecule has 30 heavy (non-hydrogen) atoms. The maximum absolute atomic E-state index is 11.7. The number of aliphatic imine (C=N–C) groups is 1. The van der Waals surface area contributed by atoms with Crippen LogP contribution >= 0.6 is 11.3 Å². The number of nitrogens with one attached hydrogen (secondary N) is 3. The van der Waals surface area contributed by atoms with Crippen molar-refractivity contribution in [2.24, 2.45) is 4.99 Å². The van der Waals surface area contributed by atoms with E-state index < -0.39 is 10.0 Å². The van der Waals surface area contributed by atoms with Crippen molar-refractivity contribution < 1.29 is 8.42 Å². The Morgan fingerprint density at radius 3 is 2.47 bits per heavy atom. The lowest BCUT2D eigenvalue weighted by Crippen LogP contribution is -2.48. The number of thiophene rings is 1. The molecule has 1 aliphatic rings. The van der Waals surface area contributed by atoms with Crippen LogP contribution in [-0.2, 0) is 22.3 Å². The van der Waals surface area contributed by atoms with Gasteiger partial charge in [-0.25, -0.2) is 18.1 Å². The minimum Gasteiger partial charge on any atom is -0.363 e. The first-order chi connectivity index (χ1) is 14.5. The summed E-state index contributed by atoms with van der Waals surface area (Å²) in [5.41, 5.74) is 1.81. The fourth-order valence-electron chi connectivity index (χ4n) is 3.41. The third-order valence-electron chi connectivity index (χ3n) is 5.11. The van der Waals surface area contributed by atoms with Gasteiger partial charge < -0.3 is 15.5 Å². The van der Waals surface area contributed by atoms with Crippen LogP contribution in [0, 0.1) is 0 Å². The molecule has 0 atom stereocenters. The van der Waals surface area contributed by atoms with Crippen molar-refractivity contribution in [2.45, 2.75) is 38.1 Å². The number of anilines is 1. The lowest BCUT2D eigenvalue weighted by atomic mass is 10.1. The van der Waals surface area contributed by atoms with Gasteiger partial charge in [0.15, 0.2) is 5.96 Å². The summed E-state index contributed by atoms with van der Waals surface area (Å²) < 4.78 is 25.7. The van der Waals surface area contributed by atoms with Crippen molar-refractivity contribution >= 4 is 32.3 Å². The zero-order valence-electron chi connectivity index (χ0n) is 17.6. The largest absolute Gasteiger partial charge is 0.363 e. The van der Waals surface area contributed by atoms with E-state index in [1.807, 2.05) is 24.3 Å². The van der Waals surface area contributed by atoms with Crippen LogP contribution in [0.15, 0.2) is 46.8 Å². The van der Waals surface area contributed by atoms with Gasteiger partial charge in [-0.15, -0.1) is 11.3 Å². The van der Waals surface area contributed by atoms with E-state index >= 15 is 0 Å². The summed E-state index contributed by atoms with van der Waals surface area (Å²) >= 11 is 1.80. The van der Waals surface area contributed by atoms with Gasteiger partial charge in [-0.05, 0) is 55.5 Å². The molecule has 1 aromatic carbocycles. The predicted molar refractivity (Wildman–Crippen MR) is 126 cm³/mol. The monoisotopic (exact) mass is 449 g/mol. The first-order valence-electron chi connectivity index (χ1n) is 10.3. The number of benzene rings is 1. The third kappa shape index (κ3) is 6.72. The fourth-order valence-corrected chi connectivity index (χ4v) is 4.97. The molecule has 0 aliphatic carbocycles. The summed E-state index contributed by atoms with van der Waals surface area (Å²) in [6, 6.07) is 12.3. The van der Waals surface area contributed by atoms with Crippen molar-refractivity contribution in [2.75, 3.05) is 31.6 Å². The van der Waals surface area contributed by atoms with E-state index in [2.05, 4.69) is 44.7 Å². The number of nitrogens with zero attached hydrogens (tertiary/aromatic N) is 2. The summed E-state index contributed by atoms with van der Waals surface area (Å²) in [5.74, 6) is 0.815. The van der Waals surface area contributed by atoms with Gasteiger partial charge in [-0.1, -0.05) is 24.3 Å². The van der Waals surface area contributed by atoms with Crippen LogP contribution in [0.5, 0.6) is 0 Å². The Kier molecular flexibility index (Phi) is 8.12. The first-order valence-corrected chi connectivity index (χ1v) is 12.8. The molecule has 1 fully saturated rings. The molecule has 2 aromatic rings. The predicted octanol–water partition coefficient (Wildman–Crippen LogP) is 2.52. The Bertz CT molecular complexity index is 903. The van der Waals surface area contributed by atoms with E-state index in [1.54, 1.807) is 11.3 Å². The molecule has 2 heterocycles. The molecule has 0 radical (unpaired) electrons. The molecule has 3 N–H and O–H groups in total. The number of hydrogen-bond acceptors (Lipinski definition) is 5. The molecule has 9 heteroatoms. The molecule has 1 aliphatic heterocycles. The van der Waals surface area contributed by atoms with Gasteiger partial charge >= 0.3 is 0 Å². The molecular formula is C21H31N5O2S2. The summed E-state index contributed by atoms with van der Waals surface area (Å²) in [6.45, 7) is 5.51. The van der Waals surface area contributed by atoms with E-state index in [1.165, 1.54) is 12.0 Å². The Balaban J connectivity index is 1.53. The minimum atomic E-state index is -3.25. The topological polar surface area (TPSA) is 85.8 Å². The van der Waals surface area contributed by atoms with Crippen LogP contribution in [-0.4, -0.2) is 47.1 Å². The van der Waals surface area contributed by atoms with Gasteiger partial charge in [-0.2, -0.15) is 0 Å². The van der Waals surface area contributed by atoms with Crippen LogP contribution in [0.25, 0.3) is 0 Å². The minimum absolute atomic E-state index is 0.0125. The molecular weight excluding hydrogens is 418 g/mol. The highest BCUT2D eigenvalue weighted by molar-refractivity contribution is 7.88. The molecule has 7 nitrogen and oxygen atoms in total. The Morgan fingerprint density at radius 1 is 1.17 bits per heavy atom. The maximum Gasteiger partial charge on any atom is 0.215 e. The van der Waals surface area contributed by atoms with Crippen LogP contribution < -0.4 is 20.3 Å². The van der Waals surface area contributed by atoms with Gasteiger partial charge in [0.05, 0.1) is 17.3 Å². The second-order valence-corrected chi connectivity index (χ2v) is 10.2. The highest BCUT2D eigenvalue weighted by Crippen LogP contribution is 2.24. The maximum atomic E-state index is 11.7.